The number of amides is 1. The van der Waals surface area contributed by atoms with Crippen molar-refractivity contribution in [2.24, 2.45) is 0 Å². The van der Waals surface area contributed by atoms with Gasteiger partial charge < -0.3 is 10.1 Å². The number of nitrogens with zero attached hydrogens (tertiary/aromatic N) is 2. The fraction of sp³-hybridized carbons (Fsp3) is 0.263. The van der Waals surface area contributed by atoms with Gasteiger partial charge in [0.15, 0.2) is 5.11 Å². The van der Waals surface area contributed by atoms with Crippen LogP contribution in [0.2, 0.25) is 0 Å². The fourth-order valence-corrected chi connectivity index (χ4v) is 2.32. The van der Waals surface area contributed by atoms with Crippen molar-refractivity contribution < 1.29 is 9.53 Å². The Morgan fingerprint density at radius 3 is 2.62 bits per heavy atom. The van der Waals surface area contributed by atoms with Crippen molar-refractivity contribution in [1.29, 1.82) is 5.26 Å². The zero-order valence-electron chi connectivity index (χ0n) is 14.5. The van der Waals surface area contributed by atoms with Crippen LogP contribution in [-0.4, -0.2) is 22.6 Å². The zero-order chi connectivity index (χ0) is 18.8. The largest absolute Gasteiger partial charge is 0.494 e. The van der Waals surface area contributed by atoms with Crippen LogP contribution in [0.1, 0.15) is 42.2 Å². The number of unbranched alkanes of at least 4 members (excludes halogenated alkanes) is 2. The minimum atomic E-state index is -0.393. The third-order valence-electron chi connectivity index (χ3n) is 3.50. The second kappa shape index (κ2) is 10.1. The van der Waals surface area contributed by atoms with Crippen LogP contribution in [0.25, 0.3) is 0 Å². The predicted octanol–water partition coefficient (Wildman–Crippen LogP) is 3.65. The molecule has 6 nitrogen and oxygen atoms in total. The number of nitriles is 1. The molecule has 1 amide bonds. The molecule has 1 heterocycles. The van der Waals surface area contributed by atoms with Crippen molar-refractivity contribution in [1.82, 2.24) is 10.3 Å². The van der Waals surface area contributed by atoms with Crippen LogP contribution < -0.4 is 15.4 Å². The average Bonchev–Trinajstić information content (AvgIpc) is 2.66. The monoisotopic (exact) mass is 368 g/mol. The summed E-state index contributed by atoms with van der Waals surface area (Å²) in [5.74, 6) is 0.403. The van der Waals surface area contributed by atoms with Crippen LogP contribution in [0.3, 0.4) is 0 Å². The molecule has 0 aliphatic heterocycles. The summed E-state index contributed by atoms with van der Waals surface area (Å²) in [4.78, 5) is 15.9. The molecule has 26 heavy (non-hydrogen) atoms. The second-order valence-electron chi connectivity index (χ2n) is 5.53. The zero-order valence-corrected chi connectivity index (χ0v) is 15.3. The molecule has 0 radical (unpaired) electrons. The van der Waals surface area contributed by atoms with E-state index < -0.39 is 5.91 Å². The number of thiocarbonyl (C=S) groups is 1. The lowest BCUT2D eigenvalue weighted by Crippen LogP contribution is -2.34. The number of hydrogen-bond acceptors (Lipinski definition) is 5. The first-order valence-corrected chi connectivity index (χ1v) is 8.74. The number of hydrogen-bond donors (Lipinski definition) is 2. The molecule has 7 heteroatoms. The van der Waals surface area contributed by atoms with Gasteiger partial charge in [-0.3, -0.25) is 10.1 Å². The van der Waals surface area contributed by atoms with Gasteiger partial charge in [-0.25, -0.2) is 4.98 Å². The number of carbonyl (C=O) groups is 1. The maximum atomic E-state index is 12.1. The Bertz CT molecular complexity index is 783. The van der Waals surface area contributed by atoms with Crippen molar-refractivity contribution >= 4 is 28.9 Å². The summed E-state index contributed by atoms with van der Waals surface area (Å²) in [6, 6.07) is 12.3. The van der Waals surface area contributed by atoms with E-state index in [1.807, 2.05) is 30.3 Å². The molecule has 0 saturated carbocycles. The smallest absolute Gasteiger partial charge is 0.258 e. The lowest BCUT2D eigenvalue weighted by Gasteiger charge is -2.11. The minimum Gasteiger partial charge on any atom is -0.494 e. The van der Waals surface area contributed by atoms with Gasteiger partial charge in [0.05, 0.1) is 12.2 Å². The van der Waals surface area contributed by atoms with E-state index in [1.54, 1.807) is 0 Å². The fourth-order valence-electron chi connectivity index (χ4n) is 2.11. The van der Waals surface area contributed by atoms with Gasteiger partial charge in [0.2, 0.25) is 0 Å². The summed E-state index contributed by atoms with van der Waals surface area (Å²) in [5.41, 5.74) is 1.32. The van der Waals surface area contributed by atoms with Gasteiger partial charge in [-0.15, -0.1) is 0 Å². The molecule has 1 aromatic carbocycles. The third-order valence-corrected chi connectivity index (χ3v) is 3.70. The molecule has 0 spiro atoms. The van der Waals surface area contributed by atoms with E-state index in [4.69, 9.17) is 22.2 Å². The Hall–Kier alpha value is -2.98. The van der Waals surface area contributed by atoms with Gasteiger partial charge in [-0.05, 0) is 55.0 Å². The lowest BCUT2D eigenvalue weighted by molar-refractivity contribution is 0.0977. The Balaban J connectivity index is 1.83. The molecular weight excluding hydrogens is 348 g/mol. The minimum absolute atomic E-state index is 0.177. The molecule has 1 aromatic heterocycles. The number of rotatable bonds is 7. The standard InChI is InChI=1S/C19H20N4O2S/c1-2-3-4-11-25-17-9-7-15(8-10-17)22-19(26)23-18(24)14-5-6-16(12-20)21-13-14/h5-10,13H,2-4,11H2,1H3,(H2,22,23,24,26). The number of aromatic nitrogens is 1. The third kappa shape index (κ3) is 6.15. The number of benzene rings is 1. The molecule has 0 atom stereocenters. The normalized spacial score (nSPS) is 9.85. The van der Waals surface area contributed by atoms with Gasteiger partial charge in [0, 0.05) is 11.9 Å². The van der Waals surface area contributed by atoms with Crippen LogP contribution >= 0.6 is 12.2 Å². The van der Waals surface area contributed by atoms with E-state index in [0.29, 0.717) is 12.2 Å². The molecule has 2 aromatic rings. The highest BCUT2D eigenvalue weighted by Gasteiger charge is 2.08. The number of pyridine rings is 1. The van der Waals surface area contributed by atoms with Crippen LogP contribution in [-0.2, 0) is 0 Å². The van der Waals surface area contributed by atoms with E-state index >= 15 is 0 Å². The van der Waals surface area contributed by atoms with Gasteiger partial charge in [-0.1, -0.05) is 19.8 Å². The van der Waals surface area contributed by atoms with E-state index in [2.05, 4.69) is 22.5 Å². The highest BCUT2D eigenvalue weighted by Crippen LogP contribution is 2.16. The van der Waals surface area contributed by atoms with Crippen LogP contribution in [0, 0.1) is 11.3 Å². The Labute approximate surface area is 158 Å². The van der Waals surface area contributed by atoms with E-state index in [0.717, 1.165) is 30.7 Å². The van der Waals surface area contributed by atoms with Crippen molar-refractivity contribution in [3.8, 4) is 11.8 Å². The lowest BCUT2D eigenvalue weighted by atomic mass is 10.2. The Morgan fingerprint density at radius 1 is 1.23 bits per heavy atom. The van der Waals surface area contributed by atoms with E-state index in [9.17, 15) is 4.79 Å². The maximum absolute atomic E-state index is 12.1. The number of nitrogens with one attached hydrogen (secondary N) is 2. The second-order valence-corrected chi connectivity index (χ2v) is 5.94. The molecular formula is C19H20N4O2S. The molecule has 0 fully saturated rings. The van der Waals surface area contributed by atoms with Crippen LogP contribution in [0.15, 0.2) is 42.6 Å². The van der Waals surface area contributed by atoms with E-state index in [-0.39, 0.29) is 10.8 Å². The predicted molar refractivity (Wildman–Crippen MR) is 104 cm³/mol. The van der Waals surface area contributed by atoms with Gasteiger partial charge >= 0.3 is 0 Å². The summed E-state index contributed by atoms with van der Waals surface area (Å²) in [7, 11) is 0. The average molecular weight is 368 g/mol. The van der Waals surface area contributed by atoms with Crippen molar-refractivity contribution in [3.63, 3.8) is 0 Å². The summed E-state index contributed by atoms with van der Waals surface area (Å²) >= 11 is 5.15. The summed E-state index contributed by atoms with van der Waals surface area (Å²) < 4.78 is 5.65. The Morgan fingerprint density at radius 2 is 2.00 bits per heavy atom. The maximum Gasteiger partial charge on any atom is 0.258 e. The molecule has 2 N–H and O–H groups in total. The first-order chi connectivity index (χ1) is 12.6. The highest BCUT2D eigenvalue weighted by molar-refractivity contribution is 7.80. The summed E-state index contributed by atoms with van der Waals surface area (Å²) in [6.07, 6.45) is 4.69. The molecule has 0 saturated heterocycles. The highest BCUT2D eigenvalue weighted by atomic mass is 32.1. The number of carbonyl (C=O) groups excluding carboxylic acids is 1. The molecule has 0 bridgehead atoms. The quantitative estimate of drug-likeness (QED) is 0.573. The Kier molecular flexibility index (Phi) is 7.52. The molecule has 0 aliphatic carbocycles. The molecule has 0 unspecified atom stereocenters. The van der Waals surface area contributed by atoms with Gasteiger partial charge in [-0.2, -0.15) is 5.26 Å². The number of ether oxygens (including phenoxy) is 1. The van der Waals surface area contributed by atoms with Crippen molar-refractivity contribution in [3.05, 3.63) is 53.9 Å². The SMILES string of the molecule is CCCCCOc1ccc(NC(=S)NC(=O)c2ccc(C#N)nc2)cc1. The topological polar surface area (TPSA) is 87.0 Å². The molecule has 2 rings (SSSR count). The summed E-state index contributed by atoms with van der Waals surface area (Å²) in [6.45, 7) is 2.85. The van der Waals surface area contributed by atoms with Crippen LogP contribution in [0.4, 0.5) is 5.69 Å². The molecule has 134 valence electrons. The van der Waals surface area contributed by atoms with Crippen molar-refractivity contribution in [2.75, 3.05) is 11.9 Å². The first-order valence-electron chi connectivity index (χ1n) is 8.33. The first kappa shape index (κ1) is 19.3. The molecule has 0 aliphatic rings. The van der Waals surface area contributed by atoms with Gasteiger partial charge in [0.1, 0.15) is 17.5 Å². The van der Waals surface area contributed by atoms with Crippen LogP contribution in [0.5, 0.6) is 5.75 Å². The number of anilines is 1. The van der Waals surface area contributed by atoms with Gasteiger partial charge in [0.25, 0.3) is 5.91 Å². The van der Waals surface area contributed by atoms with E-state index in [1.165, 1.54) is 18.3 Å². The van der Waals surface area contributed by atoms with Crippen molar-refractivity contribution in [2.45, 2.75) is 26.2 Å². The summed E-state index contributed by atoms with van der Waals surface area (Å²) in [5, 5.41) is 14.4.